The first-order valence-corrected chi connectivity index (χ1v) is 9.79. The molecule has 0 amide bonds. The van der Waals surface area contributed by atoms with Gasteiger partial charge < -0.3 is 9.42 Å². The van der Waals surface area contributed by atoms with E-state index in [9.17, 15) is 26.3 Å². The van der Waals surface area contributed by atoms with Crippen LogP contribution in [-0.4, -0.2) is 30.5 Å². The van der Waals surface area contributed by atoms with Gasteiger partial charge in [0, 0.05) is 4.88 Å². The highest BCUT2D eigenvalue weighted by atomic mass is 32.1. The number of aryl methyl sites for hydroxylation is 1. The zero-order chi connectivity index (χ0) is 23.8. The molecule has 4 rings (SSSR count). The van der Waals surface area contributed by atoms with E-state index in [1.165, 1.54) is 17.2 Å². The Kier molecular flexibility index (Phi) is 5.73. The highest BCUT2D eigenvalue weighted by Gasteiger charge is 2.38. The van der Waals surface area contributed by atoms with E-state index in [1.54, 1.807) is 19.1 Å². The van der Waals surface area contributed by atoms with Crippen LogP contribution < -0.4 is 4.90 Å². The second-order valence-corrected chi connectivity index (χ2v) is 7.83. The molecule has 15 heteroatoms. The molecule has 4 aromatic rings. The smallest absolute Gasteiger partial charge is 0.329 e. The molecular weight excluding hydrogens is 476 g/mol. The summed E-state index contributed by atoms with van der Waals surface area (Å²) >= 11 is 1.03. The molecule has 0 aromatic carbocycles. The summed E-state index contributed by atoms with van der Waals surface area (Å²) in [5.41, 5.74) is -0.306. The zero-order valence-corrected chi connectivity index (χ0v) is 17.2. The SMILES string of the molecule is Cc1cnnc(N(Cc2ccc(-c3noc(C(F)(F)F)n3)s2)c2cc(C(F)(F)F)cnn2)c1. The average Bonchev–Trinajstić information content (AvgIpc) is 3.41. The molecule has 172 valence electrons. The number of thiophene rings is 1. The monoisotopic (exact) mass is 487 g/mol. The molecule has 8 nitrogen and oxygen atoms in total. The van der Waals surface area contributed by atoms with Gasteiger partial charge in [0.05, 0.1) is 29.4 Å². The molecule has 0 aliphatic carbocycles. The number of halogens is 6. The zero-order valence-electron chi connectivity index (χ0n) is 16.4. The molecule has 0 spiro atoms. The molecule has 0 atom stereocenters. The molecule has 0 saturated carbocycles. The molecule has 0 aliphatic heterocycles. The molecule has 4 aromatic heterocycles. The van der Waals surface area contributed by atoms with E-state index < -0.39 is 23.8 Å². The summed E-state index contributed by atoms with van der Waals surface area (Å²) < 4.78 is 81.9. The molecular formula is C18H11F6N7OS. The van der Waals surface area contributed by atoms with Crippen molar-refractivity contribution in [1.82, 2.24) is 30.5 Å². The lowest BCUT2D eigenvalue weighted by atomic mass is 10.2. The van der Waals surface area contributed by atoms with Gasteiger partial charge in [0.2, 0.25) is 5.82 Å². The molecule has 0 saturated heterocycles. The Labute approximate surface area is 184 Å². The largest absolute Gasteiger partial charge is 0.471 e. The van der Waals surface area contributed by atoms with Crippen molar-refractivity contribution < 1.29 is 30.9 Å². The molecule has 0 radical (unpaired) electrons. The van der Waals surface area contributed by atoms with Crippen molar-refractivity contribution in [3.63, 3.8) is 0 Å². The maximum absolute atomic E-state index is 13.2. The van der Waals surface area contributed by atoms with Gasteiger partial charge in [0.1, 0.15) is 0 Å². The molecule has 0 unspecified atom stereocenters. The van der Waals surface area contributed by atoms with E-state index in [4.69, 9.17) is 0 Å². The number of aromatic nitrogens is 6. The van der Waals surface area contributed by atoms with Crippen LogP contribution in [0.5, 0.6) is 0 Å². The lowest BCUT2D eigenvalue weighted by molar-refractivity contribution is -0.159. The van der Waals surface area contributed by atoms with Crippen molar-refractivity contribution in [3.8, 4) is 10.7 Å². The van der Waals surface area contributed by atoms with Crippen LogP contribution in [0.3, 0.4) is 0 Å². The van der Waals surface area contributed by atoms with Crippen LogP contribution in [0.4, 0.5) is 38.0 Å². The van der Waals surface area contributed by atoms with Gasteiger partial charge in [-0.1, -0.05) is 5.16 Å². The minimum Gasteiger partial charge on any atom is -0.329 e. The van der Waals surface area contributed by atoms with E-state index in [1.807, 2.05) is 0 Å². The molecule has 4 heterocycles. The quantitative estimate of drug-likeness (QED) is 0.361. The summed E-state index contributed by atoms with van der Waals surface area (Å²) in [5.74, 6) is -1.68. The van der Waals surface area contributed by atoms with E-state index in [2.05, 4.69) is 35.1 Å². The summed E-state index contributed by atoms with van der Waals surface area (Å²) in [4.78, 5) is 5.51. The van der Waals surface area contributed by atoms with Crippen molar-refractivity contribution in [2.75, 3.05) is 4.90 Å². The number of nitrogens with zero attached hydrogens (tertiary/aromatic N) is 7. The van der Waals surface area contributed by atoms with Crippen molar-refractivity contribution in [2.24, 2.45) is 0 Å². The normalized spacial score (nSPS) is 12.2. The highest BCUT2D eigenvalue weighted by molar-refractivity contribution is 7.15. The minimum atomic E-state index is -4.78. The number of anilines is 2. The van der Waals surface area contributed by atoms with Crippen molar-refractivity contribution in [3.05, 3.63) is 58.6 Å². The Bertz CT molecular complexity index is 1270. The molecule has 0 aliphatic rings. The van der Waals surface area contributed by atoms with Gasteiger partial charge in [-0.15, -0.1) is 21.5 Å². The first kappa shape index (κ1) is 22.6. The van der Waals surface area contributed by atoms with Crippen LogP contribution in [0, 0.1) is 6.92 Å². The molecule has 33 heavy (non-hydrogen) atoms. The van der Waals surface area contributed by atoms with Crippen LogP contribution in [0.1, 0.15) is 21.9 Å². The predicted molar refractivity (Wildman–Crippen MR) is 102 cm³/mol. The van der Waals surface area contributed by atoms with Crippen molar-refractivity contribution in [2.45, 2.75) is 25.8 Å². The fourth-order valence-corrected chi connectivity index (χ4v) is 3.60. The average molecular weight is 487 g/mol. The van der Waals surface area contributed by atoms with Gasteiger partial charge in [-0.25, -0.2) is 0 Å². The second kappa shape index (κ2) is 8.38. The maximum atomic E-state index is 13.2. The third-order valence-corrected chi connectivity index (χ3v) is 5.23. The molecule has 0 bridgehead atoms. The standard InChI is InChI=1S/C18H11F6N7OS/c1-9-4-13(28-25-6-9)31(14-5-10(7-26-29-14)17(19,20)21)8-11-2-3-12(33-11)15-27-16(32-30-15)18(22,23)24/h2-7H,8H2,1H3. The maximum Gasteiger partial charge on any atom is 0.471 e. The fourth-order valence-electron chi connectivity index (χ4n) is 2.68. The summed E-state index contributed by atoms with van der Waals surface area (Å²) in [7, 11) is 0. The summed E-state index contributed by atoms with van der Waals surface area (Å²) in [6.45, 7) is 1.70. The van der Waals surface area contributed by atoms with Gasteiger partial charge in [-0.05, 0) is 36.8 Å². The van der Waals surface area contributed by atoms with Crippen LogP contribution >= 0.6 is 11.3 Å². The van der Waals surface area contributed by atoms with Gasteiger partial charge >= 0.3 is 18.2 Å². The number of hydrogen-bond acceptors (Lipinski definition) is 9. The third kappa shape index (κ3) is 5.08. The van der Waals surface area contributed by atoms with Gasteiger partial charge in [0.25, 0.3) is 0 Å². The Morgan fingerprint density at radius 2 is 1.64 bits per heavy atom. The second-order valence-electron chi connectivity index (χ2n) is 6.66. The van der Waals surface area contributed by atoms with Gasteiger partial charge in [0.15, 0.2) is 11.6 Å². The van der Waals surface area contributed by atoms with Gasteiger partial charge in [-0.2, -0.15) is 41.5 Å². The Morgan fingerprint density at radius 3 is 2.27 bits per heavy atom. The first-order valence-electron chi connectivity index (χ1n) is 8.97. The summed E-state index contributed by atoms with van der Waals surface area (Å²) in [6, 6.07) is 5.46. The Morgan fingerprint density at radius 1 is 0.939 bits per heavy atom. The number of hydrogen-bond donors (Lipinski definition) is 0. The van der Waals surface area contributed by atoms with Crippen LogP contribution in [0.15, 0.2) is 41.2 Å². The number of rotatable bonds is 5. The number of alkyl halides is 6. The fraction of sp³-hybridized carbons (Fsp3) is 0.222. The first-order chi connectivity index (χ1) is 15.5. The van der Waals surface area contributed by atoms with Gasteiger partial charge in [-0.3, -0.25) is 0 Å². The van der Waals surface area contributed by atoms with Crippen LogP contribution in [0.25, 0.3) is 10.7 Å². The Hall–Kier alpha value is -3.62. The summed E-state index contributed by atoms with van der Waals surface area (Å²) in [5, 5.41) is 18.4. The van der Waals surface area contributed by atoms with Crippen LogP contribution in [0.2, 0.25) is 0 Å². The minimum absolute atomic E-state index is 0.0250. The molecule has 0 fully saturated rings. The summed E-state index contributed by atoms with van der Waals surface area (Å²) in [6.07, 6.45) is -7.35. The van der Waals surface area contributed by atoms with E-state index in [-0.39, 0.29) is 28.9 Å². The lowest BCUT2D eigenvalue weighted by Crippen LogP contribution is -2.20. The lowest BCUT2D eigenvalue weighted by Gasteiger charge is -2.22. The highest BCUT2D eigenvalue weighted by Crippen LogP contribution is 2.35. The van der Waals surface area contributed by atoms with Crippen molar-refractivity contribution >= 4 is 23.0 Å². The van der Waals surface area contributed by atoms with E-state index >= 15 is 0 Å². The van der Waals surface area contributed by atoms with Crippen LogP contribution in [-0.2, 0) is 18.9 Å². The van der Waals surface area contributed by atoms with E-state index in [0.717, 1.165) is 17.4 Å². The predicted octanol–water partition coefficient (Wildman–Crippen LogP) is 5.06. The van der Waals surface area contributed by atoms with E-state index in [0.29, 0.717) is 16.6 Å². The van der Waals surface area contributed by atoms with Crippen molar-refractivity contribution in [1.29, 1.82) is 0 Å². The topological polar surface area (TPSA) is 93.7 Å². The molecule has 0 N–H and O–H groups in total. The third-order valence-electron chi connectivity index (χ3n) is 4.16. The Balaban J connectivity index is 1.68.